The standard InChI is InChI=1S/C11H8ClF2N3/c12-8-3-6(13)4-9(14)11(8)17-7-1-2-16-10(15)5-7/h1-5H,(H3,15,16,17). The lowest BCUT2D eigenvalue weighted by atomic mass is 10.2. The van der Waals surface area contributed by atoms with Gasteiger partial charge in [0.1, 0.15) is 11.6 Å². The minimum atomic E-state index is -0.773. The molecule has 3 nitrogen and oxygen atoms in total. The van der Waals surface area contributed by atoms with Gasteiger partial charge in [-0.3, -0.25) is 0 Å². The molecule has 1 aromatic carbocycles. The number of aromatic nitrogens is 1. The van der Waals surface area contributed by atoms with Gasteiger partial charge in [-0.15, -0.1) is 0 Å². The van der Waals surface area contributed by atoms with Crippen molar-refractivity contribution >= 4 is 28.8 Å². The number of halogens is 3. The molecule has 0 fully saturated rings. The van der Waals surface area contributed by atoms with Gasteiger partial charge in [-0.25, -0.2) is 13.8 Å². The Bertz CT molecular complexity index is 537. The van der Waals surface area contributed by atoms with E-state index in [0.29, 0.717) is 5.69 Å². The van der Waals surface area contributed by atoms with Crippen LogP contribution in [0.25, 0.3) is 0 Å². The van der Waals surface area contributed by atoms with Crippen molar-refractivity contribution in [1.82, 2.24) is 4.98 Å². The van der Waals surface area contributed by atoms with Gasteiger partial charge < -0.3 is 11.1 Å². The SMILES string of the molecule is Nc1cc(Nc2c(F)cc(F)cc2Cl)ccn1. The number of benzene rings is 1. The zero-order valence-corrected chi connectivity index (χ0v) is 9.30. The number of rotatable bonds is 2. The molecular weight excluding hydrogens is 248 g/mol. The quantitative estimate of drug-likeness (QED) is 0.865. The maximum Gasteiger partial charge on any atom is 0.151 e. The smallest absolute Gasteiger partial charge is 0.151 e. The second-order valence-corrected chi connectivity index (χ2v) is 3.75. The Kier molecular flexibility index (Phi) is 3.10. The van der Waals surface area contributed by atoms with Crippen molar-refractivity contribution in [2.45, 2.75) is 0 Å². The van der Waals surface area contributed by atoms with E-state index in [9.17, 15) is 8.78 Å². The lowest BCUT2D eigenvalue weighted by Gasteiger charge is -2.09. The first kappa shape index (κ1) is 11.6. The lowest BCUT2D eigenvalue weighted by molar-refractivity contribution is 0.586. The monoisotopic (exact) mass is 255 g/mol. The van der Waals surface area contributed by atoms with Gasteiger partial charge in [-0.1, -0.05) is 11.6 Å². The summed E-state index contributed by atoms with van der Waals surface area (Å²) in [6, 6.07) is 4.88. The van der Waals surface area contributed by atoms with Crippen molar-refractivity contribution in [3.8, 4) is 0 Å². The van der Waals surface area contributed by atoms with Gasteiger partial charge in [0.15, 0.2) is 5.82 Å². The molecule has 0 radical (unpaired) electrons. The van der Waals surface area contributed by atoms with E-state index >= 15 is 0 Å². The van der Waals surface area contributed by atoms with Gasteiger partial charge in [0.25, 0.3) is 0 Å². The molecule has 0 unspecified atom stereocenters. The van der Waals surface area contributed by atoms with Gasteiger partial charge in [0.05, 0.1) is 10.7 Å². The second kappa shape index (κ2) is 4.55. The van der Waals surface area contributed by atoms with E-state index in [1.807, 2.05) is 0 Å². The molecule has 0 aliphatic carbocycles. The van der Waals surface area contributed by atoms with Crippen LogP contribution in [0, 0.1) is 11.6 Å². The van der Waals surface area contributed by atoms with E-state index in [0.717, 1.165) is 12.1 Å². The Balaban J connectivity index is 2.36. The molecule has 2 rings (SSSR count). The summed E-state index contributed by atoms with van der Waals surface area (Å²) < 4.78 is 26.3. The molecule has 3 N–H and O–H groups in total. The van der Waals surface area contributed by atoms with Crippen molar-refractivity contribution in [2.24, 2.45) is 0 Å². The number of pyridine rings is 1. The minimum absolute atomic E-state index is 0.00123. The van der Waals surface area contributed by atoms with Crippen LogP contribution < -0.4 is 11.1 Å². The summed E-state index contributed by atoms with van der Waals surface area (Å²) in [5, 5.41) is 2.67. The van der Waals surface area contributed by atoms with Crippen LogP contribution in [0.3, 0.4) is 0 Å². The summed E-state index contributed by atoms with van der Waals surface area (Å²) in [5.74, 6) is -1.22. The van der Waals surface area contributed by atoms with Crippen molar-refractivity contribution in [2.75, 3.05) is 11.1 Å². The molecule has 0 saturated heterocycles. The largest absolute Gasteiger partial charge is 0.384 e. The number of hydrogen-bond donors (Lipinski definition) is 2. The molecule has 0 aliphatic rings. The first-order chi connectivity index (χ1) is 8.06. The van der Waals surface area contributed by atoms with E-state index in [-0.39, 0.29) is 16.5 Å². The van der Waals surface area contributed by atoms with Gasteiger partial charge >= 0.3 is 0 Å². The van der Waals surface area contributed by atoms with Crippen LogP contribution in [-0.4, -0.2) is 4.98 Å². The number of nitrogen functional groups attached to an aromatic ring is 1. The zero-order valence-electron chi connectivity index (χ0n) is 8.55. The second-order valence-electron chi connectivity index (χ2n) is 3.34. The molecule has 1 heterocycles. The fourth-order valence-electron chi connectivity index (χ4n) is 1.33. The molecule has 0 bridgehead atoms. The Morgan fingerprint density at radius 3 is 2.65 bits per heavy atom. The third-order valence-corrected chi connectivity index (χ3v) is 2.36. The fourth-order valence-corrected chi connectivity index (χ4v) is 1.57. The van der Waals surface area contributed by atoms with Gasteiger partial charge in [0.2, 0.25) is 0 Å². The van der Waals surface area contributed by atoms with Crippen molar-refractivity contribution in [3.63, 3.8) is 0 Å². The molecule has 0 spiro atoms. The van der Waals surface area contributed by atoms with Crippen LogP contribution in [0.4, 0.5) is 26.0 Å². The predicted molar refractivity (Wildman–Crippen MR) is 63.3 cm³/mol. The van der Waals surface area contributed by atoms with E-state index in [1.165, 1.54) is 12.3 Å². The van der Waals surface area contributed by atoms with Crippen LogP contribution in [0.15, 0.2) is 30.5 Å². The Morgan fingerprint density at radius 1 is 1.24 bits per heavy atom. The molecule has 0 aliphatic heterocycles. The fraction of sp³-hybridized carbons (Fsp3) is 0. The van der Waals surface area contributed by atoms with Gasteiger partial charge in [-0.05, 0) is 12.1 Å². The van der Waals surface area contributed by atoms with Crippen molar-refractivity contribution < 1.29 is 8.78 Å². The topological polar surface area (TPSA) is 50.9 Å². The third kappa shape index (κ3) is 2.62. The van der Waals surface area contributed by atoms with E-state index < -0.39 is 11.6 Å². The van der Waals surface area contributed by atoms with Crippen molar-refractivity contribution in [3.05, 3.63) is 47.1 Å². The molecule has 0 atom stereocenters. The summed E-state index contributed by atoms with van der Waals surface area (Å²) in [7, 11) is 0. The van der Waals surface area contributed by atoms with E-state index in [4.69, 9.17) is 17.3 Å². The average molecular weight is 256 g/mol. The number of nitrogens with two attached hydrogens (primary N) is 1. The highest BCUT2D eigenvalue weighted by atomic mass is 35.5. The number of anilines is 3. The van der Waals surface area contributed by atoms with Crippen molar-refractivity contribution in [1.29, 1.82) is 0 Å². The zero-order chi connectivity index (χ0) is 12.4. The minimum Gasteiger partial charge on any atom is -0.384 e. The van der Waals surface area contributed by atoms with Crippen LogP contribution >= 0.6 is 11.6 Å². The highest BCUT2D eigenvalue weighted by Crippen LogP contribution is 2.29. The Morgan fingerprint density at radius 2 is 2.00 bits per heavy atom. The average Bonchev–Trinajstić information content (AvgIpc) is 2.23. The molecule has 2 aromatic rings. The number of nitrogens with zero attached hydrogens (tertiary/aromatic N) is 1. The first-order valence-corrected chi connectivity index (χ1v) is 5.07. The van der Waals surface area contributed by atoms with Crippen LogP contribution in [-0.2, 0) is 0 Å². The summed E-state index contributed by atoms with van der Waals surface area (Å²) in [6.45, 7) is 0. The molecule has 88 valence electrons. The third-order valence-electron chi connectivity index (χ3n) is 2.06. The molecular formula is C11H8ClF2N3. The summed E-state index contributed by atoms with van der Waals surface area (Å²) in [6.07, 6.45) is 1.47. The van der Waals surface area contributed by atoms with Crippen LogP contribution in [0.5, 0.6) is 0 Å². The normalized spacial score (nSPS) is 10.3. The summed E-state index contributed by atoms with van der Waals surface area (Å²) in [4.78, 5) is 3.79. The first-order valence-electron chi connectivity index (χ1n) is 4.69. The summed E-state index contributed by atoms with van der Waals surface area (Å²) in [5.41, 5.74) is 5.99. The van der Waals surface area contributed by atoms with Gasteiger partial charge in [0, 0.05) is 24.0 Å². The maximum absolute atomic E-state index is 13.5. The maximum atomic E-state index is 13.5. The molecule has 17 heavy (non-hydrogen) atoms. The predicted octanol–water partition coefficient (Wildman–Crippen LogP) is 3.34. The lowest BCUT2D eigenvalue weighted by Crippen LogP contribution is -1.98. The highest BCUT2D eigenvalue weighted by Gasteiger charge is 2.10. The molecule has 1 aromatic heterocycles. The van der Waals surface area contributed by atoms with E-state index in [2.05, 4.69) is 10.3 Å². The number of hydrogen-bond acceptors (Lipinski definition) is 3. The Labute approximate surface area is 101 Å². The highest BCUT2D eigenvalue weighted by molar-refractivity contribution is 6.33. The Hall–Kier alpha value is -1.88. The van der Waals surface area contributed by atoms with Gasteiger partial charge in [-0.2, -0.15) is 0 Å². The summed E-state index contributed by atoms with van der Waals surface area (Å²) >= 11 is 5.74. The van der Waals surface area contributed by atoms with Crippen LogP contribution in [0.2, 0.25) is 5.02 Å². The molecule has 0 amide bonds. The van der Waals surface area contributed by atoms with Crippen LogP contribution in [0.1, 0.15) is 0 Å². The van der Waals surface area contributed by atoms with E-state index in [1.54, 1.807) is 6.07 Å². The number of nitrogens with one attached hydrogen (secondary N) is 1. The molecule has 0 saturated carbocycles. The molecule has 6 heteroatoms.